The number of amides is 2. The van der Waals surface area contributed by atoms with Crippen LogP contribution in [0, 0.1) is 20.8 Å². The van der Waals surface area contributed by atoms with Crippen molar-refractivity contribution in [1.29, 1.82) is 0 Å². The number of carbonyl (C=O) groups excluding carboxylic acids is 2. The summed E-state index contributed by atoms with van der Waals surface area (Å²) in [5, 5.41) is 2.45. The quantitative estimate of drug-likeness (QED) is 0.683. The van der Waals surface area contributed by atoms with Crippen molar-refractivity contribution in [2.75, 3.05) is 20.1 Å². The fourth-order valence-electron chi connectivity index (χ4n) is 2.63. The number of hydrogen-bond acceptors (Lipinski definition) is 4. The van der Waals surface area contributed by atoms with Crippen LogP contribution in [0.25, 0.3) is 0 Å². The summed E-state index contributed by atoms with van der Waals surface area (Å²) in [6, 6.07) is 12.5. The van der Waals surface area contributed by atoms with Gasteiger partial charge < -0.3 is 10.2 Å². The lowest BCUT2D eigenvalue weighted by Gasteiger charge is -2.19. The summed E-state index contributed by atoms with van der Waals surface area (Å²) in [4.78, 5) is 25.8. The van der Waals surface area contributed by atoms with E-state index in [-0.39, 0.29) is 17.3 Å². The molecule has 29 heavy (non-hydrogen) atoms. The van der Waals surface area contributed by atoms with Gasteiger partial charge in [0.2, 0.25) is 21.8 Å². The molecule has 2 rings (SSSR count). The molecule has 0 atom stereocenters. The zero-order valence-electron chi connectivity index (χ0n) is 17.2. The van der Waals surface area contributed by atoms with Gasteiger partial charge in [-0.05, 0) is 55.2 Å². The van der Waals surface area contributed by atoms with Crippen LogP contribution in [-0.4, -0.2) is 45.3 Å². The third kappa shape index (κ3) is 6.40. The largest absolute Gasteiger partial charge is 0.346 e. The van der Waals surface area contributed by atoms with Crippen LogP contribution in [-0.2, 0) is 26.2 Å². The van der Waals surface area contributed by atoms with Gasteiger partial charge in [-0.3, -0.25) is 9.59 Å². The van der Waals surface area contributed by atoms with Gasteiger partial charge in [0, 0.05) is 13.6 Å². The molecule has 0 aliphatic heterocycles. The van der Waals surface area contributed by atoms with Crippen molar-refractivity contribution < 1.29 is 18.0 Å². The number of carbonyl (C=O) groups is 2. The van der Waals surface area contributed by atoms with E-state index in [0.29, 0.717) is 6.54 Å². The van der Waals surface area contributed by atoms with Gasteiger partial charge >= 0.3 is 0 Å². The Bertz CT molecular complexity index is 1000. The molecule has 2 aromatic carbocycles. The maximum atomic E-state index is 12.3. The van der Waals surface area contributed by atoms with Crippen LogP contribution in [0.4, 0.5) is 0 Å². The summed E-state index contributed by atoms with van der Waals surface area (Å²) in [7, 11) is -2.15. The molecule has 0 heterocycles. The molecule has 156 valence electrons. The second-order valence-electron chi connectivity index (χ2n) is 7.02. The standard InChI is InChI=1S/C21H27N3O4S/c1-15-9-10-19(11-17(15)3)29(27,28)23-12-20(25)22-13-21(26)24(4)14-18-8-6-5-7-16(18)2/h5-11,23H,12-14H2,1-4H3,(H,22,25). The average molecular weight is 418 g/mol. The van der Waals surface area contributed by atoms with Crippen molar-refractivity contribution in [2.45, 2.75) is 32.2 Å². The van der Waals surface area contributed by atoms with Crippen LogP contribution in [0.1, 0.15) is 22.3 Å². The van der Waals surface area contributed by atoms with Crippen LogP contribution in [0.5, 0.6) is 0 Å². The number of aryl methyl sites for hydroxylation is 3. The molecule has 8 heteroatoms. The second-order valence-corrected chi connectivity index (χ2v) is 8.79. The van der Waals surface area contributed by atoms with Gasteiger partial charge in [-0.15, -0.1) is 0 Å². The van der Waals surface area contributed by atoms with E-state index in [0.717, 1.165) is 22.3 Å². The van der Waals surface area contributed by atoms with Crippen molar-refractivity contribution in [2.24, 2.45) is 0 Å². The molecule has 0 saturated heterocycles. The van der Waals surface area contributed by atoms with E-state index >= 15 is 0 Å². The number of hydrogen-bond donors (Lipinski definition) is 2. The molecule has 0 bridgehead atoms. The molecule has 2 N–H and O–H groups in total. The number of nitrogens with zero attached hydrogens (tertiary/aromatic N) is 1. The molecular formula is C21H27N3O4S. The van der Waals surface area contributed by atoms with E-state index in [9.17, 15) is 18.0 Å². The minimum atomic E-state index is -3.80. The van der Waals surface area contributed by atoms with Crippen LogP contribution in [0.15, 0.2) is 47.4 Å². The number of rotatable bonds is 8. The first-order chi connectivity index (χ1) is 13.6. The molecule has 2 amide bonds. The first kappa shape index (κ1) is 22.6. The number of sulfonamides is 1. The topological polar surface area (TPSA) is 95.6 Å². The van der Waals surface area contributed by atoms with Gasteiger partial charge in [-0.1, -0.05) is 30.3 Å². The molecule has 7 nitrogen and oxygen atoms in total. The molecule has 2 aromatic rings. The van der Waals surface area contributed by atoms with E-state index < -0.39 is 22.5 Å². The first-order valence-electron chi connectivity index (χ1n) is 9.22. The van der Waals surface area contributed by atoms with Gasteiger partial charge in [0.15, 0.2) is 0 Å². The predicted molar refractivity (Wildman–Crippen MR) is 112 cm³/mol. The van der Waals surface area contributed by atoms with Crippen LogP contribution in [0.2, 0.25) is 0 Å². The zero-order chi connectivity index (χ0) is 21.6. The first-order valence-corrected chi connectivity index (χ1v) is 10.7. The molecule has 0 saturated carbocycles. The summed E-state index contributed by atoms with van der Waals surface area (Å²) < 4.78 is 26.9. The van der Waals surface area contributed by atoms with Crippen LogP contribution < -0.4 is 10.0 Å². The second kappa shape index (κ2) is 9.67. The summed E-state index contributed by atoms with van der Waals surface area (Å²) in [5.41, 5.74) is 3.93. The molecular weight excluding hydrogens is 390 g/mol. The van der Waals surface area contributed by atoms with Gasteiger partial charge in [-0.2, -0.15) is 0 Å². The average Bonchev–Trinajstić information content (AvgIpc) is 2.68. The smallest absolute Gasteiger partial charge is 0.242 e. The summed E-state index contributed by atoms with van der Waals surface area (Å²) in [6.45, 7) is 5.47. The third-order valence-corrected chi connectivity index (χ3v) is 6.14. The van der Waals surface area contributed by atoms with Crippen molar-refractivity contribution in [3.63, 3.8) is 0 Å². The predicted octanol–water partition coefficient (Wildman–Crippen LogP) is 1.66. The van der Waals surface area contributed by atoms with E-state index in [1.54, 1.807) is 19.2 Å². The zero-order valence-corrected chi connectivity index (χ0v) is 18.0. The van der Waals surface area contributed by atoms with Crippen molar-refractivity contribution >= 4 is 21.8 Å². The highest BCUT2D eigenvalue weighted by Gasteiger charge is 2.17. The lowest BCUT2D eigenvalue weighted by molar-refractivity contribution is -0.132. The van der Waals surface area contributed by atoms with Gasteiger partial charge in [0.25, 0.3) is 0 Å². The van der Waals surface area contributed by atoms with Crippen LogP contribution >= 0.6 is 0 Å². The van der Waals surface area contributed by atoms with Crippen molar-refractivity contribution in [3.8, 4) is 0 Å². The highest BCUT2D eigenvalue weighted by Crippen LogP contribution is 2.14. The monoisotopic (exact) mass is 417 g/mol. The molecule has 0 aliphatic carbocycles. The minimum absolute atomic E-state index is 0.0995. The molecule has 0 unspecified atom stereocenters. The SMILES string of the molecule is Cc1ccc(S(=O)(=O)NCC(=O)NCC(=O)N(C)Cc2ccccc2C)cc1C. The maximum absolute atomic E-state index is 12.3. The van der Waals surface area contributed by atoms with Crippen LogP contribution in [0.3, 0.4) is 0 Å². The molecule has 0 aliphatic rings. The van der Waals surface area contributed by atoms with Gasteiger partial charge in [-0.25, -0.2) is 13.1 Å². The fourth-order valence-corrected chi connectivity index (χ4v) is 3.69. The third-order valence-electron chi connectivity index (χ3n) is 4.74. The Labute approximate surface area is 172 Å². The Hall–Kier alpha value is -2.71. The fraction of sp³-hybridized carbons (Fsp3) is 0.333. The normalized spacial score (nSPS) is 11.2. The Morgan fingerprint density at radius 1 is 0.931 bits per heavy atom. The van der Waals surface area contributed by atoms with Crippen molar-refractivity contribution in [1.82, 2.24) is 14.9 Å². The summed E-state index contributed by atoms with van der Waals surface area (Å²) in [5.74, 6) is -0.839. The number of nitrogens with one attached hydrogen (secondary N) is 2. The van der Waals surface area contributed by atoms with Gasteiger partial charge in [0.05, 0.1) is 18.0 Å². The Morgan fingerprint density at radius 3 is 2.28 bits per heavy atom. The lowest BCUT2D eigenvalue weighted by Crippen LogP contribution is -2.42. The van der Waals surface area contributed by atoms with E-state index in [1.807, 2.05) is 45.0 Å². The highest BCUT2D eigenvalue weighted by atomic mass is 32.2. The molecule has 0 fully saturated rings. The Kier molecular flexibility index (Phi) is 7.53. The van der Waals surface area contributed by atoms with E-state index in [2.05, 4.69) is 10.0 Å². The summed E-state index contributed by atoms with van der Waals surface area (Å²) >= 11 is 0. The van der Waals surface area contributed by atoms with Crippen molar-refractivity contribution in [3.05, 3.63) is 64.7 Å². The minimum Gasteiger partial charge on any atom is -0.346 e. The Balaban J connectivity index is 1.83. The molecule has 0 radical (unpaired) electrons. The Morgan fingerprint density at radius 2 is 1.62 bits per heavy atom. The number of likely N-dealkylation sites (N-methyl/N-ethyl adjacent to an activating group) is 1. The van der Waals surface area contributed by atoms with Gasteiger partial charge in [0.1, 0.15) is 0 Å². The lowest BCUT2D eigenvalue weighted by atomic mass is 10.1. The van der Waals surface area contributed by atoms with E-state index in [4.69, 9.17) is 0 Å². The maximum Gasteiger partial charge on any atom is 0.242 e. The molecule has 0 aromatic heterocycles. The number of benzene rings is 2. The molecule has 0 spiro atoms. The highest BCUT2D eigenvalue weighted by molar-refractivity contribution is 7.89. The van der Waals surface area contributed by atoms with E-state index in [1.165, 1.54) is 11.0 Å². The summed E-state index contributed by atoms with van der Waals surface area (Å²) in [6.07, 6.45) is 0.